The molecule has 1 amide bonds. The lowest BCUT2D eigenvalue weighted by Crippen LogP contribution is -2.22. The van der Waals surface area contributed by atoms with Crippen molar-refractivity contribution in [2.75, 3.05) is 13.7 Å². The minimum absolute atomic E-state index is 0.159. The molecule has 0 atom stereocenters. The van der Waals surface area contributed by atoms with E-state index in [0.29, 0.717) is 24.3 Å². The number of halogens is 3. The zero-order valence-corrected chi connectivity index (χ0v) is 14.3. The van der Waals surface area contributed by atoms with Crippen molar-refractivity contribution >= 4 is 5.91 Å². The van der Waals surface area contributed by atoms with Gasteiger partial charge in [-0.1, -0.05) is 36.4 Å². The minimum Gasteiger partial charge on any atom is -0.380 e. The molecule has 0 aromatic heterocycles. The van der Waals surface area contributed by atoms with Crippen molar-refractivity contribution in [1.82, 2.24) is 5.32 Å². The van der Waals surface area contributed by atoms with Crippen molar-refractivity contribution in [2.45, 2.75) is 25.9 Å². The lowest BCUT2D eigenvalue weighted by Gasteiger charge is -2.09. The van der Waals surface area contributed by atoms with E-state index in [0.717, 1.165) is 11.1 Å². The summed E-state index contributed by atoms with van der Waals surface area (Å²) in [5.74, 6) is -0.259. The van der Waals surface area contributed by atoms with E-state index in [1.54, 1.807) is 31.4 Å². The first-order chi connectivity index (χ1) is 12.4. The molecule has 0 bridgehead atoms. The summed E-state index contributed by atoms with van der Waals surface area (Å²) in [6, 6.07) is 14.0. The number of amides is 1. The summed E-state index contributed by atoms with van der Waals surface area (Å²) in [6.45, 7) is -0.586. The number of ether oxygens (including phenoxy) is 2. The molecule has 0 aliphatic carbocycles. The molecular formula is C19H20F3NO3. The van der Waals surface area contributed by atoms with Gasteiger partial charge in [-0.25, -0.2) is 0 Å². The highest BCUT2D eigenvalue weighted by molar-refractivity contribution is 5.94. The Bertz CT molecular complexity index is 715. The molecule has 1 N–H and O–H groups in total. The highest BCUT2D eigenvalue weighted by Gasteiger charge is 2.27. The summed E-state index contributed by atoms with van der Waals surface area (Å²) < 4.78 is 45.8. The van der Waals surface area contributed by atoms with Crippen LogP contribution in [0, 0.1) is 0 Å². The van der Waals surface area contributed by atoms with Crippen LogP contribution in [0.25, 0.3) is 0 Å². The van der Waals surface area contributed by atoms with Gasteiger partial charge in [0.05, 0.1) is 13.2 Å². The van der Waals surface area contributed by atoms with E-state index < -0.39 is 12.8 Å². The standard InChI is InChI=1S/C19H20F3NO3/c1-25-11-16-4-2-3-15(9-16)10-23-18(24)17-7-5-14(6-8-17)12-26-13-19(20,21)22/h2-9H,10-13H2,1H3,(H,23,24). The van der Waals surface area contributed by atoms with Gasteiger partial charge in [-0.2, -0.15) is 13.2 Å². The van der Waals surface area contributed by atoms with Gasteiger partial charge < -0.3 is 14.8 Å². The van der Waals surface area contributed by atoms with E-state index in [-0.39, 0.29) is 12.5 Å². The minimum atomic E-state index is -4.35. The molecule has 0 saturated heterocycles. The summed E-state index contributed by atoms with van der Waals surface area (Å²) in [6.07, 6.45) is -4.35. The van der Waals surface area contributed by atoms with E-state index in [1.807, 2.05) is 24.3 Å². The lowest BCUT2D eigenvalue weighted by molar-refractivity contribution is -0.176. The number of benzene rings is 2. The molecule has 0 saturated carbocycles. The quantitative estimate of drug-likeness (QED) is 0.771. The highest BCUT2D eigenvalue weighted by Crippen LogP contribution is 2.16. The Labute approximate surface area is 149 Å². The molecule has 0 heterocycles. The summed E-state index contributed by atoms with van der Waals surface area (Å²) in [7, 11) is 1.62. The normalized spacial score (nSPS) is 11.4. The maximum atomic E-state index is 12.2. The second kappa shape index (κ2) is 9.35. The van der Waals surface area contributed by atoms with Crippen LogP contribution in [0.15, 0.2) is 48.5 Å². The molecule has 0 aliphatic heterocycles. The number of hydrogen-bond donors (Lipinski definition) is 1. The van der Waals surface area contributed by atoms with E-state index in [1.165, 1.54) is 0 Å². The first-order valence-electron chi connectivity index (χ1n) is 7.96. The van der Waals surface area contributed by atoms with Gasteiger partial charge in [-0.3, -0.25) is 4.79 Å². The summed E-state index contributed by atoms with van der Waals surface area (Å²) in [5, 5.41) is 2.81. The van der Waals surface area contributed by atoms with E-state index in [2.05, 4.69) is 10.1 Å². The number of rotatable bonds is 8. The highest BCUT2D eigenvalue weighted by atomic mass is 19.4. The fraction of sp³-hybridized carbons (Fsp3) is 0.316. The Hall–Kier alpha value is -2.38. The van der Waals surface area contributed by atoms with Crippen molar-refractivity contribution in [3.8, 4) is 0 Å². The van der Waals surface area contributed by atoms with E-state index in [4.69, 9.17) is 4.74 Å². The number of hydrogen-bond acceptors (Lipinski definition) is 3. The van der Waals surface area contributed by atoms with Gasteiger partial charge in [0, 0.05) is 19.2 Å². The monoisotopic (exact) mass is 367 g/mol. The first-order valence-corrected chi connectivity index (χ1v) is 7.96. The van der Waals surface area contributed by atoms with Crippen LogP contribution in [0.3, 0.4) is 0 Å². The fourth-order valence-corrected chi connectivity index (χ4v) is 2.32. The van der Waals surface area contributed by atoms with Gasteiger partial charge in [0.2, 0.25) is 0 Å². The molecule has 0 spiro atoms. The Morgan fingerprint density at radius 1 is 1.00 bits per heavy atom. The molecule has 26 heavy (non-hydrogen) atoms. The van der Waals surface area contributed by atoms with Crippen LogP contribution < -0.4 is 5.32 Å². The smallest absolute Gasteiger partial charge is 0.380 e. The number of methoxy groups -OCH3 is 1. The largest absolute Gasteiger partial charge is 0.411 e. The maximum Gasteiger partial charge on any atom is 0.411 e. The Morgan fingerprint density at radius 3 is 2.35 bits per heavy atom. The molecule has 7 heteroatoms. The summed E-state index contributed by atoms with van der Waals surface area (Å²) in [4.78, 5) is 12.2. The van der Waals surface area contributed by atoms with Crippen LogP contribution in [0.1, 0.15) is 27.0 Å². The van der Waals surface area contributed by atoms with Crippen LogP contribution in [-0.4, -0.2) is 25.8 Å². The molecule has 2 aromatic carbocycles. The summed E-state index contributed by atoms with van der Waals surface area (Å²) >= 11 is 0. The molecule has 0 fully saturated rings. The third-order valence-corrected chi connectivity index (χ3v) is 3.51. The van der Waals surface area contributed by atoms with Gasteiger partial charge >= 0.3 is 6.18 Å². The predicted octanol–water partition coefficient (Wildman–Crippen LogP) is 3.84. The summed E-state index contributed by atoms with van der Waals surface area (Å²) in [5.41, 5.74) is 2.96. The molecule has 2 rings (SSSR count). The average Bonchev–Trinajstić information content (AvgIpc) is 2.60. The van der Waals surface area contributed by atoms with Gasteiger partial charge in [0.25, 0.3) is 5.91 Å². The molecular weight excluding hydrogens is 347 g/mol. The van der Waals surface area contributed by atoms with Crippen molar-refractivity contribution in [1.29, 1.82) is 0 Å². The number of carbonyl (C=O) groups excluding carboxylic acids is 1. The topological polar surface area (TPSA) is 47.6 Å². The van der Waals surface area contributed by atoms with Crippen LogP contribution in [0.5, 0.6) is 0 Å². The van der Waals surface area contributed by atoms with E-state index in [9.17, 15) is 18.0 Å². The molecule has 0 radical (unpaired) electrons. The van der Waals surface area contributed by atoms with Gasteiger partial charge in [-0.15, -0.1) is 0 Å². The number of alkyl halides is 3. The van der Waals surface area contributed by atoms with Crippen molar-refractivity contribution in [2.24, 2.45) is 0 Å². The molecule has 0 unspecified atom stereocenters. The number of nitrogens with one attached hydrogen (secondary N) is 1. The third kappa shape index (κ3) is 6.85. The fourth-order valence-electron chi connectivity index (χ4n) is 2.32. The van der Waals surface area contributed by atoms with Gasteiger partial charge in [0.15, 0.2) is 0 Å². The van der Waals surface area contributed by atoms with Gasteiger partial charge in [0.1, 0.15) is 6.61 Å². The Kier molecular flexibility index (Phi) is 7.17. The van der Waals surface area contributed by atoms with E-state index >= 15 is 0 Å². The predicted molar refractivity (Wildman–Crippen MR) is 90.5 cm³/mol. The van der Waals surface area contributed by atoms with Crippen molar-refractivity contribution in [3.05, 3.63) is 70.8 Å². The zero-order chi connectivity index (χ0) is 19.0. The average molecular weight is 367 g/mol. The van der Waals surface area contributed by atoms with Crippen molar-refractivity contribution in [3.63, 3.8) is 0 Å². The second-order valence-electron chi connectivity index (χ2n) is 5.74. The Balaban J connectivity index is 1.85. The van der Waals surface area contributed by atoms with Crippen LogP contribution in [0.2, 0.25) is 0 Å². The molecule has 2 aromatic rings. The molecule has 140 valence electrons. The first kappa shape index (κ1) is 19.9. The van der Waals surface area contributed by atoms with Gasteiger partial charge in [-0.05, 0) is 28.8 Å². The van der Waals surface area contributed by atoms with Crippen LogP contribution in [-0.2, 0) is 29.2 Å². The molecule has 0 aliphatic rings. The van der Waals surface area contributed by atoms with Crippen LogP contribution in [0.4, 0.5) is 13.2 Å². The second-order valence-corrected chi connectivity index (χ2v) is 5.74. The molecule has 4 nitrogen and oxygen atoms in total. The third-order valence-electron chi connectivity index (χ3n) is 3.51. The van der Waals surface area contributed by atoms with Crippen molar-refractivity contribution < 1.29 is 27.4 Å². The lowest BCUT2D eigenvalue weighted by atomic mass is 10.1. The number of carbonyl (C=O) groups is 1. The maximum absolute atomic E-state index is 12.2. The zero-order valence-electron chi connectivity index (χ0n) is 14.3. The SMILES string of the molecule is COCc1cccc(CNC(=O)c2ccc(COCC(F)(F)F)cc2)c1. The Morgan fingerprint density at radius 2 is 1.69 bits per heavy atom. The van der Waals surface area contributed by atoms with Crippen LogP contribution >= 0.6 is 0 Å².